The minimum absolute atomic E-state index is 0.334. The van der Waals surface area contributed by atoms with Crippen LogP contribution >= 0.6 is 0 Å². The zero-order valence-corrected chi connectivity index (χ0v) is 10.3. The number of rotatable bonds is 3. The summed E-state index contributed by atoms with van der Waals surface area (Å²) in [5.41, 5.74) is 2.69. The Morgan fingerprint density at radius 1 is 1.26 bits per heavy atom. The first kappa shape index (κ1) is 11.5. The highest BCUT2D eigenvalue weighted by Gasteiger charge is 2.26. The summed E-state index contributed by atoms with van der Waals surface area (Å²) in [6.45, 7) is 0.613. The van der Waals surface area contributed by atoms with Crippen LogP contribution in [0.2, 0.25) is 0 Å². The second kappa shape index (κ2) is 4.24. The number of nitrogens with one attached hydrogen (secondary N) is 2. The molecule has 1 aliphatic rings. The van der Waals surface area contributed by atoms with Gasteiger partial charge in [-0.05, 0) is 18.2 Å². The maximum atomic E-state index is 11.5. The van der Waals surface area contributed by atoms with Crippen LogP contribution in [0, 0.1) is 0 Å². The molecular weight excluding hydrogens is 244 g/mol. The molecule has 0 unspecified atom stereocenters. The van der Waals surface area contributed by atoms with Gasteiger partial charge in [-0.25, -0.2) is 0 Å². The lowest BCUT2D eigenvalue weighted by atomic mass is 10.1. The minimum atomic E-state index is -0.343. The van der Waals surface area contributed by atoms with Crippen LogP contribution in [-0.4, -0.2) is 21.6 Å². The molecule has 0 atom stereocenters. The third-order valence-electron chi connectivity index (χ3n) is 2.99. The summed E-state index contributed by atoms with van der Waals surface area (Å²) in [6, 6.07) is 5.13. The summed E-state index contributed by atoms with van der Waals surface area (Å²) in [5.74, 6) is -0.677. The van der Waals surface area contributed by atoms with Crippen molar-refractivity contribution in [3.05, 3.63) is 47.3 Å². The molecule has 0 aliphatic carbocycles. The minimum Gasteiger partial charge on any atom is -0.381 e. The van der Waals surface area contributed by atoms with E-state index in [0.29, 0.717) is 17.7 Å². The van der Waals surface area contributed by atoms with Crippen LogP contribution in [0.1, 0.15) is 26.3 Å². The van der Waals surface area contributed by atoms with Crippen molar-refractivity contribution in [1.29, 1.82) is 0 Å². The molecule has 0 radical (unpaired) electrons. The maximum Gasteiger partial charge on any atom is 0.259 e. The number of amides is 2. The fraction of sp³-hybridized carbons (Fsp3) is 0.154. The third kappa shape index (κ3) is 2.08. The van der Waals surface area contributed by atoms with Gasteiger partial charge in [0.1, 0.15) is 0 Å². The van der Waals surface area contributed by atoms with Gasteiger partial charge in [-0.15, -0.1) is 0 Å². The average molecular weight is 256 g/mol. The molecule has 1 aromatic heterocycles. The predicted octanol–water partition coefficient (Wildman–Crippen LogP) is 0.916. The fourth-order valence-electron chi connectivity index (χ4n) is 2.05. The largest absolute Gasteiger partial charge is 0.381 e. The van der Waals surface area contributed by atoms with Gasteiger partial charge in [0.05, 0.1) is 17.3 Å². The van der Waals surface area contributed by atoms with E-state index in [-0.39, 0.29) is 11.8 Å². The number of hydrogen-bond donors (Lipinski definition) is 2. The molecule has 96 valence electrons. The predicted molar refractivity (Wildman–Crippen MR) is 68.8 cm³/mol. The zero-order valence-electron chi connectivity index (χ0n) is 10.3. The number of nitrogens with zero attached hydrogens (tertiary/aromatic N) is 2. The number of aromatic nitrogens is 2. The molecule has 2 heterocycles. The van der Waals surface area contributed by atoms with E-state index in [4.69, 9.17) is 0 Å². The van der Waals surface area contributed by atoms with Crippen LogP contribution in [0.5, 0.6) is 0 Å². The van der Waals surface area contributed by atoms with Crippen molar-refractivity contribution in [1.82, 2.24) is 15.1 Å². The van der Waals surface area contributed by atoms with Gasteiger partial charge < -0.3 is 5.32 Å². The smallest absolute Gasteiger partial charge is 0.259 e. The number of benzene rings is 1. The van der Waals surface area contributed by atoms with Gasteiger partial charge in [-0.2, -0.15) is 5.10 Å². The highest BCUT2D eigenvalue weighted by Crippen LogP contribution is 2.20. The Balaban J connectivity index is 1.78. The Hall–Kier alpha value is -2.63. The summed E-state index contributed by atoms with van der Waals surface area (Å²) in [6.07, 6.45) is 3.69. The number of hydrogen-bond acceptors (Lipinski definition) is 4. The van der Waals surface area contributed by atoms with Crippen LogP contribution in [0.15, 0.2) is 30.6 Å². The quantitative estimate of drug-likeness (QED) is 0.800. The first-order valence-corrected chi connectivity index (χ1v) is 5.84. The second-order valence-electron chi connectivity index (χ2n) is 4.42. The number of carbonyl (C=O) groups excluding carboxylic acids is 2. The van der Waals surface area contributed by atoms with Crippen molar-refractivity contribution < 1.29 is 9.59 Å². The van der Waals surface area contributed by atoms with E-state index in [1.165, 1.54) is 0 Å². The molecule has 2 aromatic rings. The Kier molecular flexibility index (Phi) is 2.56. The molecule has 0 saturated carbocycles. The van der Waals surface area contributed by atoms with Crippen molar-refractivity contribution >= 4 is 17.5 Å². The first-order valence-electron chi connectivity index (χ1n) is 5.84. The van der Waals surface area contributed by atoms with E-state index in [0.717, 1.165) is 11.3 Å². The molecular formula is C13H12N4O2. The molecule has 19 heavy (non-hydrogen) atoms. The highest BCUT2D eigenvalue weighted by molar-refractivity contribution is 6.21. The summed E-state index contributed by atoms with van der Waals surface area (Å²) < 4.78 is 1.73. The highest BCUT2D eigenvalue weighted by atomic mass is 16.2. The summed E-state index contributed by atoms with van der Waals surface area (Å²) in [4.78, 5) is 22.9. The zero-order chi connectivity index (χ0) is 13.4. The van der Waals surface area contributed by atoms with Gasteiger partial charge in [0.25, 0.3) is 11.8 Å². The number of imide groups is 1. The van der Waals surface area contributed by atoms with Crippen LogP contribution in [-0.2, 0) is 13.6 Å². The molecule has 1 aromatic carbocycles. The summed E-state index contributed by atoms with van der Waals surface area (Å²) in [5, 5.41) is 9.54. The summed E-state index contributed by atoms with van der Waals surface area (Å²) >= 11 is 0. The molecule has 3 rings (SSSR count). The average Bonchev–Trinajstić information content (AvgIpc) is 2.92. The van der Waals surface area contributed by atoms with Gasteiger partial charge in [0, 0.05) is 31.0 Å². The van der Waals surface area contributed by atoms with Gasteiger partial charge in [-0.1, -0.05) is 0 Å². The van der Waals surface area contributed by atoms with Crippen LogP contribution < -0.4 is 10.6 Å². The van der Waals surface area contributed by atoms with Crippen molar-refractivity contribution in [3.63, 3.8) is 0 Å². The topological polar surface area (TPSA) is 76.0 Å². The van der Waals surface area contributed by atoms with Crippen molar-refractivity contribution in [2.75, 3.05) is 5.32 Å². The van der Waals surface area contributed by atoms with E-state index in [9.17, 15) is 9.59 Å². The fourth-order valence-corrected chi connectivity index (χ4v) is 2.05. The van der Waals surface area contributed by atoms with Crippen LogP contribution in [0.3, 0.4) is 0 Å². The Bertz CT molecular complexity index is 675. The van der Waals surface area contributed by atoms with E-state index >= 15 is 0 Å². The van der Waals surface area contributed by atoms with Gasteiger partial charge in [-0.3, -0.25) is 19.6 Å². The normalized spacial score (nSPS) is 13.3. The molecule has 1 aliphatic heterocycles. The Labute approximate surface area is 109 Å². The second-order valence-corrected chi connectivity index (χ2v) is 4.42. The Morgan fingerprint density at radius 2 is 2.05 bits per heavy atom. The number of anilines is 1. The molecule has 0 saturated heterocycles. The monoisotopic (exact) mass is 256 g/mol. The standard InChI is InChI=1S/C13H12N4O2/c1-17-7-8(6-15-17)5-14-9-2-3-10-11(4-9)13(19)16-12(10)18/h2-4,6-7,14H,5H2,1H3,(H,16,18,19). The lowest BCUT2D eigenvalue weighted by molar-refractivity contribution is 0.0879. The van der Waals surface area contributed by atoms with Gasteiger partial charge >= 0.3 is 0 Å². The lowest BCUT2D eigenvalue weighted by Gasteiger charge is -2.05. The molecule has 0 bridgehead atoms. The Morgan fingerprint density at radius 3 is 2.79 bits per heavy atom. The molecule has 6 heteroatoms. The first-order chi connectivity index (χ1) is 9.13. The van der Waals surface area contributed by atoms with E-state index in [1.807, 2.05) is 13.2 Å². The molecule has 0 fully saturated rings. The van der Waals surface area contributed by atoms with E-state index in [1.54, 1.807) is 29.1 Å². The number of fused-ring (bicyclic) bond motifs is 1. The molecule has 2 amide bonds. The number of aryl methyl sites for hydroxylation is 1. The van der Waals surface area contributed by atoms with Gasteiger partial charge in [0.15, 0.2) is 0 Å². The maximum absolute atomic E-state index is 11.5. The van der Waals surface area contributed by atoms with Crippen molar-refractivity contribution in [2.24, 2.45) is 7.05 Å². The van der Waals surface area contributed by atoms with Crippen molar-refractivity contribution in [3.8, 4) is 0 Å². The van der Waals surface area contributed by atoms with Crippen LogP contribution in [0.4, 0.5) is 5.69 Å². The number of carbonyl (C=O) groups is 2. The lowest BCUT2D eigenvalue weighted by Crippen LogP contribution is -2.19. The summed E-state index contributed by atoms with van der Waals surface area (Å²) in [7, 11) is 1.86. The SMILES string of the molecule is Cn1cc(CNc2ccc3c(c2)C(=O)NC3=O)cn1. The third-order valence-corrected chi connectivity index (χ3v) is 2.99. The van der Waals surface area contributed by atoms with Gasteiger partial charge in [0.2, 0.25) is 0 Å². The molecule has 2 N–H and O–H groups in total. The molecule has 0 spiro atoms. The molecule has 6 nitrogen and oxygen atoms in total. The van der Waals surface area contributed by atoms with E-state index in [2.05, 4.69) is 15.7 Å². The van der Waals surface area contributed by atoms with Crippen molar-refractivity contribution in [2.45, 2.75) is 6.54 Å². The van der Waals surface area contributed by atoms with Crippen LogP contribution in [0.25, 0.3) is 0 Å². The van der Waals surface area contributed by atoms with E-state index < -0.39 is 0 Å².